The molecule has 15 heteroatoms. The molecule has 4 bridgehead atoms. The number of imide groups is 1. The molecule has 0 spiro atoms. The summed E-state index contributed by atoms with van der Waals surface area (Å²) in [5.74, 6) is -2.80. The highest BCUT2D eigenvalue weighted by molar-refractivity contribution is 6.08. The van der Waals surface area contributed by atoms with Gasteiger partial charge in [0.1, 0.15) is 18.1 Å². The summed E-state index contributed by atoms with van der Waals surface area (Å²) in [5.41, 5.74) is -0.474. The highest BCUT2D eigenvalue weighted by atomic mass is 19.1. The number of fused-ring (bicyclic) bond motifs is 16. The van der Waals surface area contributed by atoms with E-state index in [9.17, 15) is 28.8 Å². The molecule has 0 unspecified atom stereocenters. The quantitative estimate of drug-likeness (QED) is 0.359. The van der Waals surface area contributed by atoms with E-state index >= 15 is 4.39 Å². The minimum Gasteiger partial charge on any atom is -0.493 e. The molecule has 2 aromatic rings. The molecule has 3 aliphatic heterocycles. The molecule has 0 aromatic heterocycles. The van der Waals surface area contributed by atoms with Crippen molar-refractivity contribution in [1.82, 2.24) is 31.1 Å². The van der Waals surface area contributed by atoms with Crippen LogP contribution in [0.2, 0.25) is 0 Å². The van der Waals surface area contributed by atoms with Gasteiger partial charge in [0, 0.05) is 38.2 Å². The van der Waals surface area contributed by atoms with Crippen LogP contribution in [0, 0.1) is 5.82 Å². The fraction of sp³-hybridized carbons (Fsp3) is 0.455. The first-order chi connectivity index (χ1) is 22.8. The third kappa shape index (κ3) is 8.77. The Morgan fingerprint density at radius 3 is 2.44 bits per heavy atom. The number of carbonyl (C=O) groups is 6. The van der Waals surface area contributed by atoms with Gasteiger partial charge in [-0.1, -0.05) is 13.0 Å². The molecule has 2 aromatic carbocycles. The van der Waals surface area contributed by atoms with Gasteiger partial charge < -0.3 is 35.6 Å². The van der Waals surface area contributed by atoms with Crippen molar-refractivity contribution in [3.05, 3.63) is 53.3 Å². The number of ether oxygens (including phenoxy) is 2. The van der Waals surface area contributed by atoms with Crippen molar-refractivity contribution in [2.45, 2.75) is 64.6 Å². The minimum atomic E-state index is -1.14. The van der Waals surface area contributed by atoms with Crippen molar-refractivity contribution in [3.63, 3.8) is 0 Å². The standard InChI is InChI=1S/C33H41FN6O8/c1-5-23-30(44)36-18-20-9-11-24(22(34)16-20)48-26-17-21(10-12-25(26)47-4)29(43)35-13-7-15-39(14-6-8-27(41)37-23)28(42)19-40-31(45)33(2,3)38-32(40)46/h9-12,16-17,23H,5-8,13-15,18-19H2,1-4H3,(H,35,43)(H,36,44)(H,37,41)(H,38,46)/t23-/m0/s1. The second-order valence-electron chi connectivity index (χ2n) is 12.0. The molecule has 0 saturated carbocycles. The fourth-order valence-corrected chi connectivity index (χ4v) is 5.25. The predicted molar refractivity (Wildman–Crippen MR) is 171 cm³/mol. The smallest absolute Gasteiger partial charge is 0.325 e. The summed E-state index contributed by atoms with van der Waals surface area (Å²) < 4.78 is 26.2. The minimum absolute atomic E-state index is 0.00677. The highest BCUT2D eigenvalue weighted by Crippen LogP contribution is 2.34. The van der Waals surface area contributed by atoms with E-state index < -0.39 is 59.5 Å². The monoisotopic (exact) mass is 668 g/mol. The van der Waals surface area contributed by atoms with Crippen molar-refractivity contribution >= 4 is 35.6 Å². The Bertz CT molecular complexity index is 1580. The first kappa shape index (κ1) is 35.6. The lowest BCUT2D eigenvalue weighted by Crippen LogP contribution is -2.47. The number of urea groups is 1. The van der Waals surface area contributed by atoms with Gasteiger partial charge in [0.25, 0.3) is 11.8 Å². The van der Waals surface area contributed by atoms with Crippen molar-refractivity contribution in [3.8, 4) is 17.2 Å². The third-order valence-corrected chi connectivity index (χ3v) is 7.98. The third-order valence-electron chi connectivity index (χ3n) is 7.98. The first-order valence-electron chi connectivity index (χ1n) is 15.7. The van der Waals surface area contributed by atoms with Crippen LogP contribution in [0.15, 0.2) is 36.4 Å². The number of hydrogen-bond donors (Lipinski definition) is 4. The zero-order valence-corrected chi connectivity index (χ0v) is 27.4. The van der Waals surface area contributed by atoms with Gasteiger partial charge in [-0.15, -0.1) is 0 Å². The molecule has 3 aliphatic rings. The lowest BCUT2D eigenvalue weighted by Gasteiger charge is -2.25. The molecule has 3 heterocycles. The van der Waals surface area contributed by atoms with Crippen molar-refractivity contribution in [1.29, 1.82) is 0 Å². The molecule has 4 N–H and O–H groups in total. The topological polar surface area (TPSA) is 175 Å². The maximum atomic E-state index is 15.0. The van der Waals surface area contributed by atoms with E-state index in [-0.39, 0.29) is 61.8 Å². The average Bonchev–Trinajstić information content (AvgIpc) is 3.24. The SMILES string of the molecule is CC[C@@H]1NC(=O)CCCN(C(=O)CN2C(=O)NC(C)(C)C2=O)CCCNC(=O)c2ccc(OC)c(c2)Oc2ccc(cc2F)CNC1=O. The molecule has 1 atom stereocenters. The zero-order chi connectivity index (χ0) is 35.0. The molecule has 48 heavy (non-hydrogen) atoms. The van der Waals surface area contributed by atoms with E-state index in [0.29, 0.717) is 18.4 Å². The van der Waals surface area contributed by atoms with Crippen LogP contribution in [0.3, 0.4) is 0 Å². The van der Waals surface area contributed by atoms with Crippen molar-refractivity contribution in [2.75, 3.05) is 33.3 Å². The normalized spacial score (nSPS) is 19.5. The largest absolute Gasteiger partial charge is 0.493 e. The number of benzene rings is 2. The van der Waals surface area contributed by atoms with Crippen LogP contribution in [-0.2, 0) is 25.7 Å². The van der Waals surface area contributed by atoms with Crippen LogP contribution in [-0.4, -0.2) is 90.2 Å². The summed E-state index contributed by atoms with van der Waals surface area (Å²) in [5, 5.41) is 10.7. The molecule has 14 nitrogen and oxygen atoms in total. The summed E-state index contributed by atoms with van der Waals surface area (Å²) in [6.45, 7) is 4.76. The zero-order valence-electron chi connectivity index (χ0n) is 27.4. The summed E-state index contributed by atoms with van der Waals surface area (Å²) in [7, 11) is 1.41. The van der Waals surface area contributed by atoms with Crippen LogP contribution < -0.4 is 30.7 Å². The Labute approximate surface area is 277 Å². The van der Waals surface area contributed by atoms with Crippen LogP contribution in [0.5, 0.6) is 17.2 Å². The fourth-order valence-electron chi connectivity index (χ4n) is 5.25. The summed E-state index contributed by atoms with van der Waals surface area (Å²) in [4.78, 5) is 79.3. The Morgan fingerprint density at radius 1 is 1.02 bits per heavy atom. The number of hydrogen-bond acceptors (Lipinski definition) is 8. The lowest BCUT2D eigenvalue weighted by atomic mass is 10.1. The summed E-state index contributed by atoms with van der Waals surface area (Å²) in [6, 6.07) is 7.14. The Hall–Kier alpha value is -5.21. The van der Waals surface area contributed by atoms with Gasteiger partial charge in [0.05, 0.1) is 7.11 Å². The van der Waals surface area contributed by atoms with Gasteiger partial charge in [0.2, 0.25) is 17.7 Å². The number of nitrogens with zero attached hydrogens (tertiary/aromatic N) is 2. The van der Waals surface area contributed by atoms with Crippen molar-refractivity contribution in [2.24, 2.45) is 0 Å². The number of rotatable bonds is 4. The second kappa shape index (κ2) is 15.6. The number of methoxy groups -OCH3 is 1. The maximum absolute atomic E-state index is 15.0. The van der Waals surface area contributed by atoms with E-state index in [1.807, 2.05) is 0 Å². The van der Waals surface area contributed by atoms with Gasteiger partial charge in [-0.3, -0.25) is 28.9 Å². The number of nitrogens with one attached hydrogen (secondary N) is 4. The molecular weight excluding hydrogens is 627 g/mol. The molecule has 1 saturated heterocycles. The van der Waals surface area contributed by atoms with Gasteiger partial charge in [-0.25, -0.2) is 9.18 Å². The highest BCUT2D eigenvalue weighted by Gasteiger charge is 2.45. The van der Waals surface area contributed by atoms with E-state index in [1.165, 1.54) is 42.3 Å². The van der Waals surface area contributed by atoms with Gasteiger partial charge in [0.15, 0.2) is 23.1 Å². The lowest BCUT2D eigenvalue weighted by molar-refractivity contribution is -0.138. The Kier molecular flexibility index (Phi) is 11.6. The summed E-state index contributed by atoms with van der Waals surface area (Å²) >= 11 is 0. The average molecular weight is 669 g/mol. The Morgan fingerprint density at radius 2 is 1.77 bits per heavy atom. The van der Waals surface area contributed by atoms with E-state index in [0.717, 1.165) is 4.90 Å². The molecule has 0 aliphatic carbocycles. The van der Waals surface area contributed by atoms with Gasteiger partial charge >= 0.3 is 6.03 Å². The second-order valence-corrected chi connectivity index (χ2v) is 12.0. The molecule has 5 rings (SSSR count). The van der Waals surface area contributed by atoms with E-state index in [2.05, 4.69) is 21.3 Å². The van der Waals surface area contributed by atoms with Crippen LogP contribution in [0.25, 0.3) is 0 Å². The maximum Gasteiger partial charge on any atom is 0.325 e. The first-order valence-corrected chi connectivity index (χ1v) is 15.7. The molecule has 258 valence electrons. The summed E-state index contributed by atoms with van der Waals surface area (Å²) in [6.07, 6.45) is 0.837. The van der Waals surface area contributed by atoms with Gasteiger partial charge in [-0.05, 0) is 69.0 Å². The number of halogens is 1. The van der Waals surface area contributed by atoms with Crippen molar-refractivity contribution < 1.29 is 42.6 Å². The molecule has 1 fully saturated rings. The number of amides is 7. The molecule has 0 radical (unpaired) electrons. The predicted octanol–water partition coefficient (Wildman–Crippen LogP) is 2.21. The van der Waals surface area contributed by atoms with E-state index in [4.69, 9.17) is 9.47 Å². The Balaban J connectivity index is 1.54. The van der Waals surface area contributed by atoms with Crippen LogP contribution in [0.4, 0.5) is 9.18 Å². The van der Waals surface area contributed by atoms with Crippen LogP contribution >= 0.6 is 0 Å². The van der Waals surface area contributed by atoms with Gasteiger partial charge in [-0.2, -0.15) is 0 Å². The molecular formula is C33H41FN6O8. The van der Waals surface area contributed by atoms with E-state index in [1.54, 1.807) is 26.8 Å². The van der Waals surface area contributed by atoms with Crippen LogP contribution in [0.1, 0.15) is 62.4 Å². The molecule has 7 amide bonds. The number of carbonyl (C=O) groups excluding carboxylic acids is 6.